The zero-order valence-electron chi connectivity index (χ0n) is 23.1. The summed E-state index contributed by atoms with van der Waals surface area (Å²) in [4.78, 5) is 0. The smallest absolute Gasteiger partial charge is 0.132 e. The van der Waals surface area contributed by atoms with Crippen LogP contribution in [0.1, 0.15) is 47.8 Å². The van der Waals surface area contributed by atoms with E-state index in [9.17, 15) is 0 Å². The van der Waals surface area contributed by atoms with Crippen LogP contribution in [0.3, 0.4) is 0 Å². The molecule has 4 aromatic rings. The third kappa shape index (κ3) is 6.62. The van der Waals surface area contributed by atoms with E-state index < -0.39 is 5.60 Å². The molecule has 2 atom stereocenters. The lowest BCUT2D eigenvalue weighted by molar-refractivity contribution is -0.170. The largest absolute Gasteiger partial charge is 0.497 e. The van der Waals surface area contributed by atoms with Crippen LogP contribution in [0.5, 0.6) is 11.5 Å². The number of rotatable bonds is 10. The quantitative estimate of drug-likeness (QED) is 0.232. The molecule has 4 aromatic carbocycles. The zero-order valence-corrected chi connectivity index (χ0v) is 23.1. The van der Waals surface area contributed by atoms with Crippen molar-refractivity contribution in [1.82, 2.24) is 0 Å². The van der Waals surface area contributed by atoms with E-state index in [1.807, 2.05) is 36.4 Å². The summed E-state index contributed by atoms with van der Waals surface area (Å²) >= 11 is 0. The van der Waals surface area contributed by atoms with Gasteiger partial charge < -0.3 is 24.3 Å². The number of benzene rings is 4. The number of ether oxygens (including phenoxy) is 4. The summed E-state index contributed by atoms with van der Waals surface area (Å²) in [5, 5.41) is 3.55. The van der Waals surface area contributed by atoms with Crippen molar-refractivity contribution in [2.24, 2.45) is 0 Å². The molecule has 0 saturated heterocycles. The van der Waals surface area contributed by atoms with Gasteiger partial charge in [-0.3, -0.25) is 0 Å². The van der Waals surface area contributed by atoms with Crippen LogP contribution < -0.4 is 14.8 Å². The van der Waals surface area contributed by atoms with Crippen molar-refractivity contribution in [3.63, 3.8) is 0 Å². The van der Waals surface area contributed by atoms with Gasteiger partial charge in [-0.05, 0) is 67.8 Å². The molecule has 39 heavy (non-hydrogen) atoms. The number of hydrogen-bond donors (Lipinski definition) is 1. The van der Waals surface area contributed by atoms with Crippen LogP contribution in [-0.4, -0.2) is 18.8 Å². The predicted molar refractivity (Wildman–Crippen MR) is 155 cm³/mol. The summed E-state index contributed by atoms with van der Waals surface area (Å²) in [6, 6.07) is 33.0. The SMILES string of the molecule is COc1ccc(CNc2ccc3c(c2)C(OCc2ccccc2)C(OCc2ccc(C)cc2)C(C)(C)O3)cc1. The van der Waals surface area contributed by atoms with Crippen LogP contribution >= 0.6 is 0 Å². The van der Waals surface area contributed by atoms with E-state index in [-0.39, 0.29) is 12.2 Å². The number of nitrogens with one attached hydrogen (secondary N) is 1. The second-order valence-corrected chi connectivity index (χ2v) is 10.6. The fraction of sp³-hybridized carbons (Fsp3) is 0.294. The maximum Gasteiger partial charge on any atom is 0.132 e. The van der Waals surface area contributed by atoms with E-state index in [1.54, 1.807) is 7.11 Å². The Hall–Kier alpha value is -3.80. The molecule has 5 nitrogen and oxygen atoms in total. The Labute approximate surface area is 231 Å². The first-order valence-corrected chi connectivity index (χ1v) is 13.4. The second kappa shape index (κ2) is 11.9. The summed E-state index contributed by atoms with van der Waals surface area (Å²) in [7, 11) is 1.68. The van der Waals surface area contributed by atoms with Gasteiger partial charge in [0.05, 0.1) is 20.3 Å². The fourth-order valence-electron chi connectivity index (χ4n) is 4.89. The van der Waals surface area contributed by atoms with Gasteiger partial charge in [0.25, 0.3) is 0 Å². The molecule has 1 aliphatic rings. The highest BCUT2D eigenvalue weighted by atomic mass is 16.6. The Kier molecular flexibility index (Phi) is 8.20. The number of fused-ring (bicyclic) bond motifs is 1. The molecule has 202 valence electrons. The first kappa shape index (κ1) is 26.8. The van der Waals surface area contributed by atoms with Crippen molar-refractivity contribution in [1.29, 1.82) is 0 Å². The lowest BCUT2D eigenvalue weighted by atomic mass is 9.87. The number of anilines is 1. The number of methoxy groups -OCH3 is 1. The van der Waals surface area contributed by atoms with Crippen molar-refractivity contribution in [2.75, 3.05) is 12.4 Å². The van der Waals surface area contributed by atoms with Crippen LogP contribution in [0.25, 0.3) is 0 Å². The minimum Gasteiger partial charge on any atom is -0.497 e. The van der Waals surface area contributed by atoms with Crippen LogP contribution in [0.2, 0.25) is 0 Å². The molecule has 0 spiro atoms. The fourth-order valence-corrected chi connectivity index (χ4v) is 4.89. The molecule has 0 aliphatic carbocycles. The van der Waals surface area contributed by atoms with Gasteiger partial charge in [-0.15, -0.1) is 0 Å². The monoisotopic (exact) mass is 523 g/mol. The molecule has 5 rings (SSSR count). The predicted octanol–water partition coefficient (Wildman–Crippen LogP) is 7.63. The molecule has 0 saturated carbocycles. The van der Waals surface area contributed by atoms with Gasteiger partial charge in [0.2, 0.25) is 0 Å². The van der Waals surface area contributed by atoms with Gasteiger partial charge in [-0.25, -0.2) is 0 Å². The highest BCUT2D eigenvalue weighted by Crippen LogP contribution is 2.45. The molecule has 1 aliphatic heterocycles. The van der Waals surface area contributed by atoms with Gasteiger partial charge >= 0.3 is 0 Å². The Morgan fingerprint density at radius 2 is 1.44 bits per heavy atom. The first-order valence-electron chi connectivity index (χ1n) is 13.4. The summed E-state index contributed by atoms with van der Waals surface area (Å²) < 4.78 is 25.0. The molecule has 5 heteroatoms. The van der Waals surface area contributed by atoms with E-state index >= 15 is 0 Å². The molecular formula is C34H37NO4. The van der Waals surface area contributed by atoms with Crippen LogP contribution in [0.4, 0.5) is 5.69 Å². The van der Waals surface area contributed by atoms with E-state index in [0.29, 0.717) is 19.8 Å². The zero-order chi connectivity index (χ0) is 27.2. The van der Waals surface area contributed by atoms with Crippen molar-refractivity contribution in [3.8, 4) is 11.5 Å². The topological polar surface area (TPSA) is 49.0 Å². The Morgan fingerprint density at radius 1 is 0.769 bits per heavy atom. The van der Waals surface area contributed by atoms with E-state index in [2.05, 4.69) is 86.8 Å². The minimum atomic E-state index is -0.586. The Balaban J connectivity index is 1.40. The molecule has 1 heterocycles. The lowest BCUT2D eigenvalue weighted by Crippen LogP contribution is -2.50. The normalized spacial score (nSPS) is 17.6. The first-order chi connectivity index (χ1) is 18.9. The van der Waals surface area contributed by atoms with Crippen molar-refractivity contribution in [2.45, 2.75) is 58.3 Å². The lowest BCUT2D eigenvalue weighted by Gasteiger charge is -2.44. The van der Waals surface area contributed by atoms with E-state index in [4.69, 9.17) is 18.9 Å². The second-order valence-electron chi connectivity index (χ2n) is 10.6. The molecule has 0 aromatic heterocycles. The van der Waals surface area contributed by atoms with Crippen molar-refractivity contribution in [3.05, 3.63) is 125 Å². The van der Waals surface area contributed by atoms with Gasteiger partial charge in [0, 0.05) is 17.8 Å². The maximum atomic E-state index is 6.65. The van der Waals surface area contributed by atoms with Crippen LogP contribution in [0, 0.1) is 6.92 Å². The Bertz CT molecular complexity index is 1350. The van der Waals surface area contributed by atoms with Gasteiger partial charge in [-0.2, -0.15) is 0 Å². The molecule has 0 radical (unpaired) electrons. The third-order valence-corrected chi connectivity index (χ3v) is 7.13. The average Bonchev–Trinajstić information content (AvgIpc) is 2.95. The minimum absolute atomic E-state index is 0.308. The van der Waals surface area contributed by atoms with Gasteiger partial charge in [0.15, 0.2) is 0 Å². The van der Waals surface area contributed by atoms with E-state index in [1.165, 1.54) is 11.1 Å². The standard InChI is InChI=1S/C34H37NO4/c1-24-10-12-27(13-11-24)23-38-33-32(37-22-26-8-6-5-7-9-26)30-20-28(16-19-31(30)39-34(33,2)3)35-21-25-14-17-29(36-4)18-15-25/h5-20,32-33,35H,21-23H2,1-4H3. The van der Waals surface area contributed by atoms with E-state index in [0.717, 1.165) is 33.9 Å². The molecule has 2 unspecified atom stereocenters. The van der Waals surface area contributed by atoms with Crippen LogP contribution in [-0.2, 0) is 29.2 Å². The number of hydrogen-bond acceptors (Lipinski definition) is 5. The average molecular weight is 524 g/mol. The van der Waals surface area contributed by atoms with Crippen LogP contribution in [0.15, 0.2) is 97.1 Å². The van der Waals surface area contributed by atoms with Crippen molar-refractivity contribution >= 4 is 5.69 Å². The summed E-state index contributed by atoms with van der Waals surface area (Å²) in [6.45, 7) is 7.89. The number of aryl methyl sites for hydroxylation is 1. The molecule has 0 amide bonds. The highest BCUT2D eigenvalue weighted by molar-refractivity contribution is 5.54. The molecule has 0 fully saturated rings. The van der Waals surface area contributed by atoms with Crippen molar-refractivity contribution < 1.29 is 18.9 Å². The highest BCUT2D eigenvalue weighted by Gasteiger charge is 2.45. The Morgan fingerprint density at radius 3 is 2.15 bits per heavy atom. The molecule has 1 N–H and O–H groups in total. The third-order valence-electron chi connectivity index (χ3n) is 7.13. The summed E-state index contributed by atoms with van der Waals surface area (Å²) in [5.41, 5.74) is 6.04. The molecular weight excluding hydrogens is 486 g/mol. The molecule has 0 bridgehead atoms. The summed E-state index contributed by atoms with van der Waals surface area (Å²) in [6.07, 6.45) is -0.621. The summed E-state index contributed by atoms with van der Waals surface area (Å²) in [5.74, 6) is 1.67. The maximum absolute atomic E-state index is 6.65. The van der Waals surface area contributed by atoms with Gasteiger partial charge in [0.1, 0.15) is 29.3 Å². The van der Waals surface area contributed by atoms with Gasteiger partial charge in [-0.1, -0.05) is 72.3 Å².